The third-order valence-electron chi connectivity index (χ3n) is 5.84. The molecule has 2 heterocycles. The van der Waals surface area contributed by atoms with Gasteiger partial charge in [0, 0.05) is 4.88 Å². The molecule has 0 N–H and O–H groups in total. The molecule has 5 heteroatoms. The van der Waals surface area contributed by atoms with Crippen LogP contribution in [0.1, 0.15) is 50.1 Å². The molecule has 4 rings (SSSR count). The van der Waals surface area contributed by atoms with Crippen LogP contribution in [-0.4, -0.2) is 15.3 Å². The predicted molar refractivity (Wildman–Crippen MR) is 121 cm³/mol. The van der Waals surface area contributed by atoms with E-state index in [4.69, 9.17) is 4.98 Å². The summed E-state index contributed by atoms with van der Waals surface area (Å²) < 4.78 is 1.82. The van der Waals surface area contributed by atoms with Crippen LogP contribution in [0.2, 0.25) is 0 Å². The lowest BCUT2D eigenvalue weighted by Gasteiger charge is -2.33. The van der Waals surface area contributed by atoms with Crippen molar-refractivity contribution in [3.05, 3.63) is 50.6 Å². The van der Waals surface area contributed by atoms with Crippen molar-refractivity contribution in [1.29, 1.82) is 0 Å². The van der Waals surface area contributed by atoms with Gasteiger partial charge >= 0.3 is 0 Å². The zero-order chi connectivity index (χ0) is 20.1. The van der Waals surface area contributed by atoms with Crippen molar-refractivity contribution in [2.24, 2.45) is 11.3 Å². The van der Waals surface area contributed by atoms with Gasteiger partial charge < -0.3 is 0 Å². The van der Waals surface area contributed by atoms with Gasteiger partial charge in [-0.2, -0.15) is 0 Å². The molecule has 3 aromatic rings. The summed E-state index contributed by atoms with van der Waals surface area (Å²) in [6.45, 7) is 11.2. The Morgan fingerprint density at radius 1 is 1.25 bits per heavy atom. The minimum Gasteiger partial charge on any atom is -0.268 e. The quantitative estimate of drug-likeness (QED) is 0.390. The molecule has 0 bridgehead atoms. The average molecular weight is 413 g/mol. The molecule has 28 heavy (non-hydrogen) atoms. The van der Waals surface area contributed by atoms with E-state index < -0.39 is 0 Å². The minimum atomic E-state index is 0.0940. The van der Waals surface area contributed by atoms with Crippen molar-refractivity contribution in [3.63, 3.8) is 0 Å². The number of benzene rings is 1. The Kier molecular flexibility index (Phi) is 5.17. The summed E-state index contributed by atoms with van der Waals surface area (Å²) in [6.07, 6.45) is 3.21. The van der Waals surface area contributed by atoms with Gasteiger partial charge in [0.1, 0.15) is 4.83 Å². The second-order valence-electron chi connectivity index (χ2n) is 8.79. The van der Waals surface area contributed by atoms with Gasteiger partial charge in [0.2, 0.25) is 0 Å². The van der Waals surface area contributed by atoms with Crippen molar-refractivity contribution in [1.82, 2.24) is 9.55 Å². The van der Waals surface area contributed by atoms with Crippen LogP contribution in [0.25, 0.3) is 15.9 Å². The molecule has 0 amide bonds. The van der Waals surface area contributed by atoms with Gasteiger partial charge in [0.15, 0.2) is 5.16 Å². The van der Waals surface area contributed by atoms with Crippen LogP contribution in [0.4, 0.5) is 0 Å². The number of hydrogen-bond acceptors (Lipinski definition) is 4. The Morgan fingerprint density at radius 3 is 2.61 bits per heavy atom. The summed E-state index contributed by atoms with van der Waals surface area (Å²) in [5, 5.41) is 1.66. The third-order valence-corrected chi connectivity index (χ3v) is 7.81. The molecule has 0 saturated heterocycles. The molecule has 1 aliphatic carbocycles. The second kappa shape index (κ2) is 7.34. The Hall–Kier alpha value is -1.59. The number of fused-ring (bicyclic) bond motifs is 3. The van der Waals surface area contributed by atoms with Crippen LogP contribution < -0.4 is 5.56 Å². The smallest absolute Gasteiger partial charge is 0.267 e. The van der Waals surface area contributed by atoms with Crippen LogP contribution in [0.3, 0.4) is 0 Å². The predicted octanol–water partition coefficient (Wildman–Crippen LogP) is 6.02. The first-order valence-corrected chi connectivity index (χ1v) is 11.9. The summed E-state index contributed by atoms with van der Waals surface area (Å²) in [5.41, 5.74) is 3.75. The van der Waals surface area contributed by atoms with E-state index in [1.807, 2.05) is 16.7 Å². The van der Waals surface area contributed by atoms with E-state index in [2.05, 4.69) is 46.8 Å². The summed E-state index contributed by atoms with van der Waals surface area (Å²) in [4.78, 5) is 20.9. The second-order valence-corrected chi connectivity index (χ2v) is 11.1. The van der Waals surface area contributed by atoms with Crippen molar-refractivity contribution in [3.8, 4) is 5.69 Å². The fraction of sp³-hybridized carbons (Fsp3) is 0.478. The number of thioether (sulfide) groups is 1. The first-order valence-electron chi connectivity index (χ1n) is 10.1. The van der Waals surface area contributed by atoms with Gasteiger partial charge in [-0.3, -0.25) is 9.36 Å². The molecule has 1 aromatic carbocycles. The maximum atomic E-state index is 13.6. The van der Waals surface area contributed by atoms with Gasteiger partial charge in [-0.25, -0.2) is 4.98 Å². The molecule has 3 nitrogen and oxygen atoms in total. The molecule has 2 aromatic heterocycles. The Balaban J connectivity index is 1.91. The first-order chi connectivity index (χ1) is 13.3. The normalized spacial score (nSPS) is 17.1. The fourth-order valence-corrected chi connectivity index (χ4v) is 6.17. The molecule has 1 aliphatic rings. The molecule has 0 saturated carbocycles. The van der Waals surface area contributed by atoms with Crippen LogP contribution in [0.5, 0.6) is 0 Å². The average Bonchev–Trinajstić information content (AvgIpc) is 3.00. The molecular formula is C23H28N2OS2. The lowest BCUT2D eigenvalue weighted by molar-refractivity contribution is 0.218. The highest BCUT2D eigenvalue weighted by atomic mass is 32.2. The van der Waals surface area contributed by atoms with E-state index in [-0.39, 0.29) is 5.56 Å². The van der Waals surface area contributed by atoms with Crippen LogP contribution in [0.15, 0.2) is 34.2 Å². The van der Waals surface area contributed by atoms with E-state index in [0.29, 0.717) is 11.3 Å². The Bertz CT molecular complexity index is 1070. The number of nitrogens with zero attached hydrogens (tertiary/aromatic N) is 2. The molecule has 148 valence electrons. The lowest BCUT2D eigenvalue weighted by atomic mass is 9.72. The number of aryl methyl sites for hydroxylation is 2. The van der Waals surface area contributed by atoms with Crippen LogP contribution in [0, 0.1) is 18.3 Å². The fourth-order valence-electron chi connectivity index (χ4n) is 4.09. The van der Waals surface area contributed by atoms with Gasteiger partial charge in [-0.1, -0.05) is 57.2 Å². The van der Waals surface area contributed by atoms with Crippen LogP contribution in [-0.2, 0) is 12.8 Å². The number of rotatable bonds is 3. The molecule has 0 spiro atoms. The summed E-state index contributed by atoms with van der Waals surface area (Å²) in [5.74, 6) is 1.55. The molecule has 0 aliphatic heterocycles. The van der Waals surface area contributed by atoms with Crippen molar-refractivity contribution < 1.29 is 0 Å². The molecule has 1 unspecified atom stereocenters. The highest BCUT2D eigenvalue weighted by Crippen LogP contribution is 2.42. The monoisotopic (exact) mass is 412 g/mol. The highest BCUT2D eigenvalue weighted by molar-refractivity contribution is 7.99. The van der Waals surface area contributed by atoms with Gasteiger partial charge in [-0.05, 0) is 61.0 Å². The SMILES string of the molecule is CCSc1nc2sc3c(c2c(=O)n1-c1ccc(C)cc1)CCC(C(C)(C)C)C3. The van der Waals surface area contributed by atoms with E-state index in [1.165, 1.54) is 16.0 Å². The lowest BCUT2D eigenvalue weighted by Crippen LogP contribution is -2.27. The number of hydrogen-bond donors (Lipinski definition) is 0. The standard InChI is InChI=1S/C23H28N2OS2/c1-6-27-22-24-20-19(21(26)25(22)16-10-7-14(2)8-11-16)17-12-9-15(23(3,4)5)13-18(17)28-20/h7-8,10-11,15H,6,9,12-13H2,1-5H3. The number of aromatic nitrogens is 2. The van der Waals surface area contributed by atoms with Gasteiger partial charge in [-0.15, -0.1) is 11.3 Å². The molecule has 1 atom stereocenters. The maximum absolute atomic E-state index is 13.6. The zero-order valence-electron chi connectivity index (χ0n) is 17.3. The molecular weight excluding hydrogens is 384 g/mol. The Morgan fingerprint density at radius 2 is 1.96 bits per heavy atom. The highest BCUT2D eigenvalue weighted by Gasteiger charge is 2.32. The first kappa shape index (κ1) is 19.7. The van der Waals surface area contributed by atoms with Gasteiger partial charge in [0.05, 0.1) is 11.1 Å². The van der Waals surface area contributed by atoms with Crippen molar-refractivity contribution in [2.75, 3.05) is 5.75 Å². The topological polar surface area (TPSA) is 34.9 Å². The summed E-state index contributed by atoms with van der Waals surface area (Å²) in [6, 6.07) is 8.17. The molecule has 0 radical (unpaired) electrons. The minimum absolute atomic E-state index is 0.0940. The Labute approximate surface area is 175 Å². The van der Waals surface area contributed by atoms with Crippen molar-refractivity contribution in [2.45, 2.75) is 59.0 Å². The van der Waals surface area contributed by atoms with E-state index in [9.17, 15) is 4.79 Å². The van der Waals surface area contributed by atoms with E-state index in [1.54, 1.807) is 23.1 Å². The largest absolute Gasteiger partial charge is 0.268 e. The number of thiophene rings is 1. The summed E-state index contributed by atoms with van der Waals surface area (Å²) >= 11 is 3.38. The van der Waals surface area contributed by atoms with Gasteiger partial charge in [0.25, 0.3) is 5.56 Å². The zero-order valence-corrected chi connectivity index (χ0v) is 19.0. The summed E-state index contributed by atoms with van der Waals surface area (Å²) in [7, 11) is 0. The van der Waals surface area contributed by atoms with E-state index >= 15 is 0 Å². The van der Waals surface area contributed by atoms with E-state index in [0.717, 1.165) is 46.1 Å². The van der Waals surface area contributed by atoms with Crippen LogP contribution >= 0.6 is 23.1 Å². The third kappa shape index (κ3) is 3.43. The maximum Gasteiger partial charge on any atom is 0.267 e. The molecule has 0 fully saturated rings. The van der Waals surface area contributed by atoms with Crippen molar-refractivity contribution >= 4 is 33.3 Å².